The number of benzene rings is 2. The van der Waals surface area contributed by atoms with Crippen molar-refractivity contribution in [2.75, 3.05) is 5.73 Å². The molecule has 0 aliphatic heterocycles. The minimum atomic E-state index is -3.84. The van der Waals surface area contributed by atoms with E-state index in [9.17, 15) is 13.5 Å². The summed E-state index contributed by atoms with van der Waals surface area (Å²) < 4.78 is 27.0. The molecule has 0 spiro atoms. The third-order valence-electron chi connectivity index (χ3n) is 3.70. The molecular formula is C16H15ClN2O3S. The standard InChI is InChI=1S/C16H15ClN2O3S/c1-10-2-5-16-13(6-10)11(9-20)8-19(16)23(21,22)12-3-4-14(17)15(18)7-12/h2-8,20H,9,18H2,1H3. The molecule has 23 heavy (non-hydrogen) atoms. The molecule has 0 aliphatic rings. The fourth-order valence-corrected chi connectivity index (χ4v) is 4.05. The van der Waals surface area contributed by atoms with Crippen LogP contribution < -0.4 is 5.73 Å². The third kappa shape index (κ3) is 2.59. The maximum absolute atomic E-state index is 12.9. The van der Waals surface area contributed by atoms with Crippen molar-refractivity contribution < 1.29 is 13.5 Å². The van der Waals surface area contributed by atoms with Gasteiger partial charge >= 0.3 is 0 Å². The first-order chi connectivity index (χ1) is 10.8. The van der Waals surface area contributed by atoms with Crippen molar-refractivity contribution in [3.8, 4) is 0 Å². The highest BCUT2D eigenvalue weighted by atomic mass is 35.5. The number of aliphatic hydroxyl groups is 1. The van der Waals surface area contributed by atoms with E-state index < -0.39 is 10.0 Å². The van der Waals surface area contributed by atoms with Crippen molar-refractivity contribution in [1.82, 2.24) is 3.97 Å². The van der Waals surface area contributed by atoms with E-state index in [4.69, 9.17) is 17.3 Å². The molecule has 3 aromatic rings. The summed E-state index contributed by atoms with van der Waals surface area (Å²) in [7, 11) is -3.84. The van der Waals surface area contributed by atoms with Crippen molar-refractivity contribution in [3.05, 3.63) is 58.7 Å². The minimum absolute atomic E-state index is 0.0429. The van der Waals surface area contributed by atoms with Crippen LogP contribution in [0, 0.1) is 6.92 Å². The van der Waals surface area contributed by atoms with Gasteiger partial charge in [-0.2, -0.15) is 0 Å². The Morgan fingerprint density at radius 2 is 1.96 bits per heavy atom. The van der Waals surface area contributed by atoms with Gasteiger partial charge in [0.05, 0.1) is 27.7 Å². The number of halogens is 1. The number of anilines is 1. The summed E-state index contributed by atoms with van der Waals surface area (Å²) in [6, 6.07) is 9.59. The fourth-order valence-electron chi connectivity index (χ4n) is 2.50. The van der Waals surface area contributed by atoms with Crippen LogP contribution in [0.3, 0.4) is 0 Å². The number of aliphatic hydroxyl groups excluding tert-OH is 1. The van der Waals surface area contributed by atoms with E-state index in [1.807, 2.05) is 19.1 Å². The topological polar surface area (TPSA) is 85.3 Å². The lowest BCUT2D eigenvalue weighted by molar-refractivity contribution is 0.283. The first-order valence-corrected chi connectivity index (χ1v) is 8.68. The Balaban J connectivity index is 2.28. The molecular weight excluding hydrogens is 336 g/mol. The Morgan fingerprint density at radius 1 is 1.22 bits per heavy atom. The molecule has 0 saturated heterocycles. The van der Waals surface area contributed by atoms with E-state index in [-0.39, 0.29) is 17.2 Å². The van der Waals surface area contributed by atoms with E-state index in [2.05, 4.69) is 0 Å². The molecule has 1 heterocycles. The zero-order chi connectivity index (χ0) is 16.8. The maximum atomic E-state index is 12.9. The van der Waals surface area contributed by atoms with E-state index in [1.54, 1.807) is 6.07 Å². The van der Waals surface area contributed by atoms with Crippen LogP contribution >= 0.6 is 11.6 Å². The van der Waals surface area contributed by atoms with Gasteiger partial charge in [0.15, 0.2) is 0 Å². The molecule has 0 saturated carbocycles. The summed E-state index contributed by atoms with van der Waals surface area (Å²) in [5.41, 5.74) is 7.95. The molecule has 2 aromatic carbocycles. The first kappa shape index (κ1) is 15.9. The third-order valence-corrected chi connectivity index (χ3v) is 5.72. The number of aromatic nitrogens is 1. The smallest absolute Gasteiger partial charge is 0.268 e. The SMILES string of the molecule is Cc1ccc2c(c1)c(CO)cn2S(=O)(=O)c1ccc(Cl)c(N)c1. The summed E-state index contributed by atoms with van der Waals surface area (Å²) >= 11 is 5.86. The number of rotatable bonds is 3. The van der Waals surface area contributed by atoms with Gasteiger partial charge in [-0.3, -0.25) is 0 Å². The fraction of sp³-hybridized carbons (Fsp3) is 0.125. The molecule has 0 bridgehead atoms. The van der Waals surface area contributed by atoms with Crippen molar-refractivity contribution >= 4 is 38.2 Å². The zero-order valence-corrected chi connectivity index (χ0v) is 13.9. The normalized spacial score (nSPS) is 12.0. The Kier molecular flexibility index (Phi) is 3.83. The molecule has 0 amide bonds. The van der Waals surface area contributed by atoms with Gasteiger partial charge in [-0.25, -0.2) is 12.4 Å². The highest BCUT2D eigenvalue weighted by Crippen LogP contribution is 2.29. The van der Waals surface area contributed by atoms with Crippen LogP contribution in [0.2, 0.25) is 5.02 Å². The molecule has 0 atom stereocenters. The van der Waals surface area contributed by atoms with E-state index in [1.165, 1.54) is 24.4 Å². The van der Waals surface area contributed by atoms with Crippen LogP contribution in [-0.2, 0) is 16.6 Å². The van der Waals surface area contributed by atoms with Gasteiger partial charge in [0.25, 0.3) is 10.0 Å². The van der Waals surface area contributed by atoms with Gasteiger partial charge in [0, 0.05) is 17.1 Å². The van der Waals surface area contributed by atoms with Crippen molar-refractivity contribution in [1.29, 1.82) is 0 Å². The number of hydrogen-bond acceptors (Lipinski definition) is 4. The van der Waals surface area contributed by atoms with Gasteiger partial charge < -0.3 is 10.8 Å². The average Bonchev–Trinajstić information content (AvgIpc) is 2.88. The summed E-state index contributed by atoms with van der Waals surface area (Å²) in [4.78, 5) is 0.0429. The lowest BCUT2D eigenvalue weighted by Gasteiger charge is -2.09. The van der Waals surface area contributed by atoms with Crippen LogP contribution in [0.4, 0.5) is 5.69 Å². The lowest BCUT2D eigenvalue weighted by Crippen LogP contribution is -2.12. The molecule has 0 radical (unpaired) electrons. The highest BCUT2D eigenvalue weighted by molar-refractivity contribution is 7.90. The highest BCUT2D eigenvalue weighted by Gasteiger charge is 2.21. The van der Waals surface area contributed by atoms with Gasteiger partial charge in [-0.15, -0.1) is 0 Å². The summed E-state index contributed by atoms with van der Waals surface area (Å²) in [6.45, 7) is 1.66. The second kappa shape index (κ2) is 5.56. The Hall–Kier alpha value is -2.02. The Bertz CT molecular complexity index is 1010. The maximum Gasteiger partial charge on any atom is 0.268 e. The molecule has 7 heteroatoms. The molecule has 0 aliphatic carbocycles. The Morgan fingerprint density at radius 3 is 2.61 bits per heavy atom. The molecule has 5 nitrogen and oxygen atoms in total. The second-order valence-electron chi connectivity index (χ2n) is 5.32. The number of nitrogens with zero attached hydrogens (tertiary/aromatic N) is 1. The number of hydrogen-bond donors (Lipinski definition) is 2. The quantitative estimate of drug-likeness (QED) is 0.711. The Labute approximate surface area is 139 Å². The number of aryl methyl sites for hydroxylation is 1. The van der Waals surface area contributed by atoms with Gasteiger partial charge in [-0.1, -0.05) is 23.2 Å². The minimum Gasteiger partial charge on any atom is -0.397 e. The lowest BCUT2D eigenvalue weighted by atomic mass is 10.1. The van der Waals surface area contributed by atoms with Crippen molar-refractivity contribution in [2.45, 2.75) is 18.4 Å². The monoisotopic (exact) mass is 350 g/mol. The van der Waals surface area contributed by atoms with E-state index in [0.717, 1.165) is 9.54 Å². The van der Waals surface area contributed by atoms with Crippen molar-refractivity contribution in [3.63, 3.8) is 0 Å². The molecule has 0 unspecified atom stereocenters. The first-order valence-electron chi connectivity index (χ1n) is 6.86. The largest absolute Gasteiger partial charge is 0.397 e. The molecule has 0 fully saturated rings. The van der Waals surface area contributed by atoms with Gasteiger partial charge in [-0.05, 0) is 37.3 Å². The number of nitrogen functional groups attached to an aromatic ring is 1. The zero-order valence-electron chi connectivity index (χ0n) is 12.3. The predicted octanol–water partition coefficient (Wildman–Crippen LogP) is 2.91. The van der Waals surface area contributed by atoms with Crippen LogP contribution in [0.1, 0.15) is 11.1 Å². The second-order valence-corrected chi connectivity index (χ2v) is 7.54. The summed E-state index contributed by atoms with van der Waals surface area (Å²) in [5, 5.41) is 10.5. The van der Waals surface area contributed by atoms with Crippen molar-refractivity contribution in [2.24, 2.45) is 0 Å². The number of nitrogens with two attached hydrogens (primary N) is 1. The van der Waals surface area contributed by atoms with E-state index >= 15 is 0 Å². The predicted molar refractivity (Wildman–Crippen MR) is 91.0 cm³/mol. The summed E-state index contributed by atoms with van der Waals surface area (Å²) in [6.07, 6.45) is 1.43. The molecule has 3 rings (SSSR count). The molecule has 3 N–H and O–H groups in total. The average molecular weight is 351 g/mol. The van der Waals surface area contributed by atoms with Crippen LogP contribution in [0.5, 0.6) is 0 Å². The summed E-state index contributed by atoms with van der Waals surface area (Å²) in [5.74, 6) is 0. The van der Waals surface area contributed by atoms with Gasteiger partial charge in [0.1, 0.15) is 0 Å². The van der Waals surface area contributed by atoms with Crippen LogP contribution in [-0.4, -0.2) is 17.5 Å². The van der Waals surface area contributed by atoms with Crippen LogP contribution in [0.25, 0.3) is 10.9 Å². The van der Waals surface area contributed by atoms with Crippen LogP contribution in [0.15, 0.2) is 47.5 Å². The molecule has 120 valence electrons. The van der Waals surface area contributed by atoms with Gasteiger partial charge in [0.2, 0.25) is 0 Å². The molecule has 1 aromatic heterocycles. The number of fused-ring (bicyclic) bond motifs is 1. The van der Waals surface area contributed by atoms with E-state index in [0.29, 0.717) is 21.5 Å².